The quantitative estimate of drug-likeness (QED) is 0.847. The van der Waals surface area contributed by atoms with E-state index in [-0.39, 0.29) is 30.2 Å². The summed E-state index contributed by atoms with van der Waals surface area (Å²) in [7, 11) is 1.35. The first-order valence-electron chi connectivity index (χ1n) is 8.58. The SMILES string of the molecule is COC(=O)[C@@H]1C[C@@H]2CCCC[C@H]2N1CC(=O)Nc1ccc(F)c(F)c1. The lowest BCUT2D eigenvalue weighted by molar-refractivity contribution is -0.146. The molecular weight excluding hydrogens is 330 g/mol. The van der Waals surface area contributed by atoms with Gasteiger partial charge >= 0.3 is 5.97 Å². The second-order valence-electron chi connectivity index (χ2n) is 6.74. The van der Waals surface area contributed by atoms with Crippen molar-refractivity contribution in [2.75, 3.05) is 19.0 Å². The summed E-state index contributed by atoms with van der Waals surface area (Å²) >= 11 is 0. The first-order valence-corrected chi connectivity index (χ1v) is 8.58. The molecule has 1 aliphatic carbocycles. The fraction of sp³-hybridized carbons (Fsp3) is 0.556. The van der Waals surface area contributed by atoms with Gasteiger partial charge in [-0.3, -0.25) is 14.5 Å². The highest BCUT2D eigenvalue weighted by molar-refractivity contribution is 5.92. The molecule has 1 heterocycles. The van der Waals surface area contributed by atoms with Crippen molar-refractivity contribution in [3.8, 4) is 0 Å². The van der Waals surface area contributed by atoms with Crippen molar-refractivity contribution in [3.63, 3.8) is 0 Å². The summed E-state index contributed by atoms with van der Waals surface area (Å²) in [4.78, 5) is 26.4. The molecule has 0 bridgehead atoms. The Morgan fingerprint density at radius 1 is 1.24 bits per heavy atom. The zero-order valence-electron chi connectivity index (χ0n) is 14.1. The molecule has 7 heteroatoms. The summed E-state index contributed by atoms with van der Waals surface area (Å²) in [5.74, 6) is -2.26. The number of hydrogen-bond donors (Lipinski definition) is 1. The molecule has 1 amide bonds. The van der Waals surface area contributed by atoms with Crippen LogP contribution < -0.4 is 5.32 Å². The number of carbonyl (C=O) groups is 2. The Labute approximate surface area is 145 Å². The Kier molecular flexibility index (Phi) is 5.32. The lowest BCUT2D eigenvalue weighted by Gasteiger charge is -2.32. The van der Waals surface area contributed by atoms with Crippen LogP contribution in [0.2, 0.25) is 0 Å². The average molecular weight is 352 g/mol. The van der Waals surface area contributed by atoms with Crippen molar-refractivity contribution < 1.29 is 23.1 Å². The molecule has 1 N–H and O–H groups in total. The van der Waals surface area contributed by atoms with E-state index in [0.717, 1.165) is 37.8 Å². The van der Waals surface area contributed by atoms with Gasteiger partial charge < -0.3 is 10.1 Å². The summed E-state index contributed by atoms with van der Waals surface area (Å²) in [5.41, 5.74) is 0.193. The van der Waals surface area contributed by atoms with Crippen LogP contribution in [-0.4, -0.2) is 42.5 Å². The number of carbonyl (C=O) groups excluding carboxylic acids is 2. The third-order valence-electron chi connectivity index (χ3n) is 5.22. The number of rotatable bonds is 4. The minimum Gasteiger partial charge on any atom is -0.468 e. The Hall–Kier alpha value is -2.02. The summed E-state index contributed by atoms with van der Waals surface area (Å²) in [6, 6.07) is 2.98. The smallest absolute Gasteiger partial charge is 0.323 e. The van der Waals surface area contributed by atoms with Gasteiger partial charge in [-0.1, -0.05) is 12.8 Å². The van der Waals surface area contributed by atoms with Crippen molar-refractivity contribution in [1.82, 2.24) is 4.90 Å². The zero-order chi connectivity index (χ0) is 18.0. The van der Waals surface area contributed by atoms with Crippen molar-refractivity contribution in [2.45, 2.75) is 44.2 Å². The topological polar surface area (TPSA) is 58.6 Å². The van der Waals surface area contributed by atoms with Gasteiger partial charge in [0.15, 0.2) is 11.6 Å². The summed E-state index contributed by atoms with van der Waals surface area (Å²) in [5, 5.41) is 2.57. The number of nitrogens with one attached hydrogen (secondary N) is 1. The fourth-order valence-electron chi connectivity index (χ4n) is 4.09. The Bertz CT molecular complexity index is 668. The van der Waals surface area contributed by atoms with Crippen LogP contribution in [0.3, 0.4) is 0 Å². The van der Waals surface area contributed by atoms with Crippen LogP contribution in [0.1, 0.15) is 32.1 Å². The number of benzene rings is 1. The van der Waals surface area contributed by atoms with Gasteiger partial charge in [-0.2, -0.15) is 0 Å². The summed E-state index contributed by atoms with van der Waals surface area (Å²) in [6.07, 6.45) is 4.94. The fourth-order valence-corrected chi connectivity index (χ4v) is 4.09. The molecular formula is C18H22F2N2O3. The van der Waals surface area contributed by atoms with Gasteiger partial charge in [0.2, 0.25) is 5.91 Å². The van der Waals surface area contributed by atoms with Crippen LogP contribution in [0.15, 0.2) is 18.2 Å². The number of hydrogen-bond acceptors (Lipinski definition) is 4. The minimum absolute atomic E-state index is 0.0277. The Morgan fingerprint density at radius 2 is 2.00 bits per heavy atom. The third kappa shape index (κ3) is 3.81. The molecule has 0 unspecified atom stereocenters. The van der Waals surface area contributed by atoms with E-state index in [1.807, 2.05) is 4.90 Å². The number of methoxy groups -OCH3 is 1. The summed E-state index contributed by atoms with van der Waals surface area (Å²) < 4.78 is 31.1. The van der Waals surface area contributed by atoms with Crippen LogP contribution in [-0.2, 0) is 14.3 Å². The molecule has 1 saturated heterocycles. The van der Waals surface area contributed by atoms with E-state index in [1.54, 1.807) is 0 Å². The summed E-state index contributed by atoms with van der Waals surface area (Å²) in [6.45, 7) is 0.0277. The van der Waals surface area contributed by atoms with Gasteiger partial charge in [0.25, 0.3) is 0 Å². The van der Waals surface area contributed by atoms with Crippen molar-refractivity contribution in [3.05, 3.63) is 29.8 Å². The molecule has 5 nitrogen and oxygen atoms in total. The van der Waals surface area contributed by atoms with Crippen LogP contribution >= 0.6 is 0 Å². The molecule has 3 atom stereocenters. The number of amides is 1. The van der Waals surface area contributed by atoms with E-state index >= 15 is 0 Å². The second kappa shape index (κ2) is 7.47. The van der Waals surface area contributed by atoms with Crippen LogP contribution in [0.5, 0.6) is 0 Å². The minimum atomic E-state index is -1.02. The first kappa shape index (κ1) is 17.8. The van der Waals surface area contributed by atoms with E-state index in [1.165, 1.54) is 13.2 Å². The molecule has 2 fully saturated rings. The van der Waals surface area contributed by atoms with E-state index in [0.29, 0.717) is 12.3 Å². The molecule has 2 aliphatic rings. The van der Waals surface area contributed by atoms with Gasteiger partial charge in [0, 0.05) is 17.8 Å². The molecule has 136 valence electrons. The lowest BCUT2D eigenvalue weighted by Crippen LogP contribution is -2.46. The number of anilines is 1. The van der Waals surface area contributed by atoms with E-state index in [4.69, 9.17) is 4.74 Å². The number of nitrogens with zero attached hydrogens (tertiary/aromatic N) is 1. The van der Waals surface area contributed by atoms with Crippen molar-refractivity contribution in [1.29, 1.82) is 0 Å². The van der Waals surface area contributed by atoms with E-state index < -0.39 is 17.7 Å². The van der Waals surface area contributed by atoms with E-state index in [2.05, 4.69) is 5.32 Å². The highest BCUT2D eigenvalue weighted by atomic mass is 19.2. The Balaban J connectivity index is 1.70. The standard InChI is InChI=1S/C18H22F2N2O3/c1-25-18(24)16-8-11-4-2-3-5-15(11)22(16)10-17(23)21-12-6-7-13(19)14(20)9-12/h6-7,9,11,15-16H,2-5,8,10H2,1H3,(H,21,23)/t11-,15+,16-/m0/s1. The predicted molar refractivity (Wildman–Crippen MR) is 87.9 cm³/mol. The second-order valence-corrected chi connectivity index (χ2v) is 6.74. The molecule has 1 aliphatic heterocycles. The average Bonchev–Trinajstić information content (AvgIpc) is 2.96. The van der Waals surface area contributed by atoms with Crippen molar-refractivity contribution >= 4 is 17.6 Å². The number of likely N-dealkylation sites (tertiary alicyclic amines) is 1. The van der Waals surface area contributed by atoms with Gasteiger partial charge in [-0.25, -0.2) is 8.78 Å². The maximum atomic E-state index is 13.3. The largest absolute Gasteiger partial charge is 0.468 e. The normalized spacial score (nSPS) is 26.1. The van der Waals surface area contributed by atoms with Gasteiger partial charge in [-0.15, -0.1) is 0 Å². The first-order chi connectivity index (χ1) is 12.0. The molecule has 0 spiro atoms. The monoisotopic (exact) mass is 352 g/mol. The van der Waals surface area contributed by atoms with Gasteiger partial charge in [0.1, 0.15) is 6.04 Å². The Morgan fingerprint density at radius 3 is 2.72 bits per heavy atom. The van der Waals surface area contributed by atoms with Crippen LogP contribution in [0, 0.1) is 17.6 Å². The number of fused-ring (bicyclic) bond motifs is 1. The number of esters is 1. The third-order valence-corrected chi connectivity index (χ3v) is 5.22. The molecule has 1 aromatic carbocycles. The molecule has 1 aromatic rings. The van der Waals surface area contributed by atoms with Crippen molar-refractivity contribution in [2.24, 2.45) is 5.92 Å². The molecule has 0 aromatic heterocycles. The lowest BCUT2D eigenvalue weighted by atomic mass is 9.85. The molecule has 0 radical (unpaired) electrons. The maximum Gasteiger partial charge on any atom is 0.323 e. The number of halogens is 2. The zero-order valence-corrected chi connectivity index (χ0v) is 14.1. The molecule has 25 heavy (non-hydrogen) atoms. The number of ether oxygens (including phenoxy) is 1. The molecule has 3 rings (SSSR count). The van der Waals surface area contributed by atoms with Gasteiger partial charge in [-0.05, 0) is 37.3 Å². The molecule has 1 saturated carbocycles. The predicted octanol–water partition coefficient (Wildman–Crippen LogP) is 2.71. The van der Waals surface area contributed by atoms with Crippen LogP contribution in [0.25, 0.3) is 0 Å². The van der Waals surface area contributed by atoms with Gasteiger partial charge in [0.05, 0.1) is 13.7 Å². The van der Waals surface area contributed by atoms with Crippen LogP contribution in [0.4, 0.5) is 14.5 Å². The maximum absolute atomic E-state index is 13.3. The van der Waals surface area contributed by atoms with E-state index in [9.17, 15) is 18.4 Å². The highest BCUT2D eigenvalue weighted by Gasteiger charge is 2.46. The highest BCUT2D eigenvalue weighted by Crippen LogP contribution is 2.39.